The Bertz CT molecular complexity index is 83.7. The van der Waals surface area contributed by atoms with Crippen molar-refractivity contribution in [3.63, 3.8) is 0 Å². The van der Waals surface area contributed by atoms with Gasteiger partial charge in [0.15, 0.2) is 0 Å². The molecule has 0 aromatic carbocycles. The lowest BCUT2D eigenvalue weighted by Gasteiger charge is -1.96. The molecule has 1 N–H and O–H groups in total. The van der Waals surface area contributed by atoms with E-state index in [4.69, 9.17) is 4.89 Å². The molecule has 0 aromatic rings. The number of phosphoric acid groups is 1. The van der Waals surface area contributed by atoms with Crippen LogP contribution in [0, 0.1) is 0 Å². The molecule has 0 radical (unpaired) electrons. The summed E-state index contributed by atoms with van der Waals surface area (Å²) in [5.74, 6) is 0. The van der Waals surface area contributed by atoms with Crippen molar-refractivity contribution in [1.29, 1.82) is 0 Å². The molecule has 1 atom stereocenters. The van der Waals surface area contributed by atoms with Crippen molar-refractivity contribution in [3.05, 3.63) is 0 Å². The van der Waals surface area contributed by atoms with E-state index in [0.29, 0.717) is 0 Å². The monoisotopic (exact) mass is 258 g/mol. The summed E-state index contributed by atoms with van der Waals surface area (Å²) >= 11 is 5.66. The van der Waals surface area contributed by atoms with E-state index in [-0.39, 0.29) is 0 Å². The second-order valence-electron chi connectivity index (χ2n) is 0.607. The van der Waals surface area contributed by atoms with Crippen LogP contribution in [0.15, 0.2) is 0 Å². The van der Waals surface area contributed by atoms with Gasteiger partial charge in [-0.25, -0.2) is 7.42 Å². The first-order valence-corrected chi connectivity index (χ1v) is 3.74. The van der Waals surface area contributed by atoms with Crippen molar-refractivity contribution in [1.82, 2.24) is 0 Å². The standard InChI is InChI=1S/ClHIO4P/c1-5-7(3,4)6-2/h(H,3,4). The minimum absolute atomic E-state index is 1.21. The van der Waals surface area contributed by atoms with Gasteiger partial charge in [0.2, 0.25) is 0 Å². The maximum atomic E-state index is 9.92. The highest BCUT2D eigenvalue weighted by molar-refractivity contribution is 14.1. The zero-order valence-electron chi connectivity index (χ0n) is 2.88. The molecule has 4 nitrogen and oxygen atoms in total. The lowest BCUT2D eigenvalue weighted by molar-refractivity contribution is 0.329. The third kappa shape index (κ3) is 3.69. The van der Waals surface area contributed by atoms with Gasteiger partial charge >= 0.3 is 7.82 Å². The van der Waals surface area contributed by atoms with Gasteiger partial charge in [0.05, 0.1) is 11.9 Å². The van der Waals surface area contributed by atoms with Gasteiger partial charge in [-0.3, -0.25) is 0 Å². The van der Waals surface area contributed by atoms with E-state index in [1.807, 2.05) is 0 Å². The van der Waals surface area contributed by atoms with Gasteiger partial charge in [-0.15, -0.1) is 0 Å². The Balaban J connectivity index is 3.61. The van der Waals surface area contributed by atoms with Crippen LogP contribution in [-0.2, 0) is 11.5 Å². The normalized spacial score (nSPS) is 18.7. The molecule has 0 aromatic heterocycles. The van der Waals surface area contributed by atoms with Gasteiger partial charge in [0.25, 0.3) is 0 Å². The van der Waals surface area contributed by atoms with Crippen molar-refractivity contribution >= 4 is 42.7 Å². The van der Waals surface area contributed by atoms with Crippen molar-refractivity contribution in [2.24, 2.45) is 0 Å². The molecule has 0 spiro atoms. The van der Waals surface area contributed by atoms with E-state index in [1.165, 1.54) is 23.0 Å². The fourth-order valence-electron chi connectivity index (χ4n) is 0.0106. The number of hydrogen-bond donors (Lipinski definition) is 1. The Labute approximate surface area is 59.2 Å². The van der Waals surface area contributed by atoms with Crippen LogP contribution in [0.2, 0.25) is 0 Å². The van der Waals surface area contributed by atoms with Crippen molar-refractivity contribution < 1.29 is 16.4 Å². The van der Waals surface area contributed by atoms with Gasteiger partial charge in [0.1, 0.15) is 23.0 Å². The SMILES string of the molecule is O=P(O)(OCl)OI. The summed E-state index contributed by atoms with van der Waals surface area (Å²) in [6, 6.07) is 0. The average Bonchev–Trinajstić information content (AvgIpc) is 1.68. The lowest BCUT2D eigenvalue weighted by atomic mass is 15.8. The highest BCUT2D eigenvalue weighted by Gasteiger charge is 2.17. The molecule has 0 aliphatic heterocycles. The molecule has 0 aliphatic carbocycles. The van der Waals surface area contributed by atoms with Gasteiger partial charge in [-0.05, 0) is 0 Å². The molecular formula is HClIO4P. The molecule has 7 heavy (non-hydrogen) atoms. The van der Waals surface area contributed by atoms with Crippen LogP contribution < -0.4 is 0 Å². The number of hydrogen-bond acceptors (Lipinski definition) is 3. The highest BCUT2D eigenvalue weighted by atomic mass is 127. The average molecular weight is 258 g/mol. The van der Waals surface area contributed by atoms with E-state index in [9.17, 15) is 4.57 Å². The molecule has 0 bridgehead atoms. The Morgan fingerprint density at radius 2 is 2.29 bits per heavy atom. The minimum atomic E-state index is -3.90. The van der Waals surface area contributed by atoms with Crippen LogP contribution in [0.5, 0.6) is 0 Å². The summed E-state index contributed by atoms with van der Waals surface area (Å²) in [4.78, 5) is 8.10. The first-order valence-electron chi connectivity index (χ1n) is 1.06. The summed E-state index contributed by atoms with van der Waals surface area (Å²) in [5, 5.41) is 0. The maximum absolute atomic E-state index is 9.92. The van der Waals surface area contributed by atoms with Crippen molar-refractivity contribution in [2.75, 3.05) is 0 Å². The van der Waals surface area contributed by atoms with Crippen LogP contribution in [0.25, 0.3) is 0 Å². The summed E-state index contributed by atoms with van der Waals surface area (Å²) < 4.78 is 17.2. The fraction of sp³-hybridized carbons (Fsp3) is 0. The molecular weight excluding hydrogens is 257 g/mol. The van der Waals surface area contributed by atoms with E-state index >= 15 is 0 Å². The summed E-state index contributed by atoms with van der Waals surface area (Å²) in [5.41, 5.74) is 0. The van der Waals surface area contributed by atoms with Gasteiger partial charge in [-0.2, -0.15) is 4.08 Å². The molecule has 1 unspecified atom stereocenters. The third-order valence-electron chi connectivity index (χ3n) is 0.174. The molecule has 0 fully saturated rings. The molecule has 0 amide bonds. The molecule has 0 saturated carbocycles. The van der Waals surface area contributed by atoms with Gasteiger partial charge in [0, 0.05) is 0 Å². The summed E-state index contributed by atoms with van der Waals surface area (Å²) in [6.07, 6.45) is 0. The highest BCUT2D eigenvalue weighted by Crippen LogP contribution is 2.46. The topological polar surface area (TPSA) is 55.8 Å². The van der Waals surface area contributed by atoms with Crippen LogP contribution in [0.3, 0.4) is 0 Å². The molecule has 0 rings (SSSR count). The smallest absolute Gasteiger partial charge is 0.301 e. The van der Waals surface area contributed by atoms with E-state index in [0.717, 1.165) is 0 Å². The van der Waals surface area contributed by atoms with Gasteiger partial charge in [-0.1, -0.05) is 0 Å². The van der Waals surface area contributed by atoms with Crippen molar-refractivity contribution in [2.45, 2.75) is 0 Å². The lowest BCUT2D eigenvalue weighted by Crippen LogP contribution is -1.73. The molecule has 0 heterocycles. The molecule has 0 aliphatic rings. The second kappa shape index (κ2) is 3.21. The molecule has 44 valence electrons. The fourth-order valence-corrected chi connectivity index (χ4v) is 0.643. The third-order valence-corrected chi connectivity index (χ3v) is 2.54. The van der Waals surface area contributed by atoms with Crippen LogP contribution in [0.4, 0.5) is 0 Å². The van der Waals surface area contributed by atoms with Crippen LogP contribution in [-0.4, -0.2) is 4.89 Å². The van der Waals surface area contributed by atoms with Gasteiger partial charge < -0.3 is 4.89 Å². The second-order valence-corrected chi connectivity index (χ2v) is 3.42. The van der Waals surface area contributed by atoms with E-state index in [1.54, 1.807) is 0 Å². The van der Waals surface area contributed by atoms with Crippen molar-refractivity contribution in [3.8, 4) is 0 Å². The Morgan fingerprint density at radius 1 is 1.86 bits per heavy atom. The van der Waals surface area contributed by atoms with E-state index < -0.39 is 7.82 Å². The largest absolute Gasteiger partial charge is 0.498 e. The number of rotatable bonds is 2. The quantitative estimate of drug-likeness (QED) is 0.604. The summed E-state index contributed by atoms with van der Waals surface area (Å²) in [7, 11) is -3.90. The predicted octanol–water partition coefficient (Wildman–Crippen LogP) is 1.62. The van der Waals surface area contributed by atoms with Crippen LogP contribution in [0.1, 0.15) is 0 Å². The molecule has 0 saturated heterocycles. The zero-order chi connectivity index (χ0) is 5.91. The zero-order valence-corrected chi connectivity index (χ0v) is 6.68. The van der Waals surface area contributed by atoms with Crippen LogP contribution >= 0.6 is 42.7 Å². The maximum Gasteiger partial charge on any atom is 0.498 e. The molecule has 7 heteroatoms. The number of halogens is 2. The first-order chi connectivity index (χ1) is 3.12. The van der Waals surface area contributed by atoms with E-state index in [2.05, 4.69) is 18.8 Å². The predicted molar refractivity (Wildman–Crippen MR) is 31.9 cm³/mol. The first kappa shape index (κ1) is 8.13. The Kier molecular flexibility index (Phi) is 3.73. The Hall–Kier alpha value is 1.13. The minimum Gasteiger partial charge on any atom is -0.301 e. The summed E-state index contributed by atoms with van der Waals surface area (Å²) in [6.45, 7) is 0. The Morgan fingerprint density at radius 3 is 2.29 bits per heavy atom.